The molecule has 2 N–H and O–H groups in total. The van der Waals surface area contributed by atoms with Gasteiger partial charge in [-0.3, -0.25) is 0 Å². The van der Waals surface area contributed by atoms with E-state index < -0.39 is 0 Å². The average Bonchev–Trinajstić information content (AvgIpc) is 2.30. The second kappa shape index (κ2) is 6.35. The third-order valence-electron chi connectivity index (χ3n) is 4.02. The van der Waals surface area contributed by atoms with Gasteiger partial charge in [0, 0.05) is 18.6 Å². The summed E-state index contributed by atoms with van der Waals surface area (Å²) >= 11 is 0. The smallest absolute Gasteiger partial charge is 0.0479 e. The molecule has 0 aliphatic carbocycles. The van der Waals surface area contributed by atoms with Crippen LogP contribution in [0.15, 0.2) is 12.1 Å². The Morgan fingerprint density at radius 3 is 2.06 bits per heavy atom. The fraction of sp³-hybridized carbons (Fsp3) is 0.625. The lowest BCUT2D eigenvalue weighted by molar-refractivity contribution is 0.154. The van der Waals surface area contributed by atoms with E-state index in [1.165, 1.54) is 22.3 Å². The van der Waals surface area contributed by atoms with Crippen molar-refractivity contribution >= 4 is 0 Å². The fourth-order valence-corrected chi connectivity index (χ4v) is 2.62. The number of nitrogens with one attached hydrogen (secondary N) is 1. The molecule has 0 saturated heterocycles. The maximum Gasteiger partial charge on any atom is 0.0479 e. The molecule has 1 rings (SSSR count). The maximum atomic E-state index is 9.63. The molecule has 102 valence electrons. The van der Waals surface area contributed by atoms with Crippen molar-refractivity contribution < 1.29 is 5.11 Å². The molecule has 1 aromatic rings. The molecular formula is C16H27NO. The molecular weight excluding hydrogens is 222 g/mol. The summed E-state index contributed by atoms with van der Waals surface area (Å²) in [6.45, 7) is 11.0. The van der Waals surface area contributed by atoms with Gasteiger partial charge >= 0.3 is 0 Å². The second-order valence-electron chi connectivity index (χ2n) is 5.65. The van der Waals surface area contributed by atoms with Gasteiger partial charge in [0.25, 0.3) is 0 Å². The van der Waals surface area contributed by atoms with E-state index in [1.807, 2.05) is 7.05 Å². The third kappa shape index (κ3) is 3.12. The van der Waals surface area contributed by atoms with Crippen LogP contribution >= 0.6 is 0 Å². The Morgan fingerprint density at radius 1 is 1.06 bits per heavy atom. The van der Waals surface area contributed by atoms with E-state index in [2.05, 4.69) is 52.1 Å². The molecule has 0 amide bonds. The molecule has 2 atom stereocenters. The van der Waals surface area contributed by atoms with Crippen molar-refractivity contribution in [1.29, 1.82) is 0 Å². The third-order valence-corrected chi connectivity index (χ3v) is 4.02. The summed E-state index contributed by atoms with van der Waals surface area (Å²) in [5, 5.41) is 13.0. The van der Waals surface area contributed by atoms with Crippen LogP contribution in [0.25, 0.3) is 0 Å². The van der Waals surface area contributed by atoms with Gasteiger partial charge in [-0.1, -0.05) is 26.0 Å². The lowest BCUT2D eigenvalue weighted by Crippen LogP contribution is -2.31. The first-order chi connectivity index (χ1) is 8.42. The molecule has 0 spiro atoms. The van der Waals surface area contributed by atoms with Crippen molar-refractivity contribution in [3.05, 3.63) is 34.4 Å². The molecule has 0 radical (unpaired) electrons. The Balaban J connectivity index is 3.20. The van der Waals surface area contributed by atoms with E-state index in [-0.39, 0.29) is 18.6 Å². The molecule has 0 fully saturated rings. The van der Waals surface area contributed by atoms with Gasteiger partial charge < -0.3 is 10.4 Å². The lowest BCUT2D eigenvalue weighted by atomic mass is 9.82. The molecule has 2 nitrogen and oxygen atoms in total. The van der Waals surface area contributed by atoms with Crippen LogP contribution in [0.4, 0.5) is 0 Å². The van der Waals surface area contributed by atoms with Crippen molar-refractivity contribution in [3.8, 4) is 0 Å². The number of hydrogen-bond acceptors (Lipinski definition) is 2. The highest BCUT2D eigenvalue weighted by Gasteiger charge is 2.25. The Bertz CT molecular complexity index is 398. The summed E-state index contributed by atoms with van der Waals surface area (Å²) in [5.74, 6) is 0.698. The molecule has 0 heterocycles. The Hall–Kier alpha value is -0.860. The van der Waals surface area contributed by atoms with Gasteiger partial charge in [0.05, 0.1) is 0 Å². The van der Waals surface area contributed by atoms with Crippen molar-refractivity contribution in [3.63, 3.8) is 0 Å². The summed E-state index contributed by atoms with van der Waals surface area (Å²) in [6, 6.07) is 4.72. The van der Waals surface area contributed by atoms with E-state index in [0.717, 1.165) is 0 Å². The molecule has 0 saturated carbocycles. The van der Waals surface area contributed by atoms with Crippen LogP contribution in [-0.2, 0) is 0 Å². The number of aryl methyl sites for hydroxylation is 3. The first kappa shape index (κ1) is 15.2. The first-order valence-electron chi connectivity index (χ1n) is 6.78. The predicted octanol–water partition coefficient (Wildman–Crippen LogP) is 3.14. The van der Waals surface area contributed by atoms with Crippen molar-refractivity contribution in [2.24, 2.45) is 11.8 Å². The van der Waals surface area contributed by atoms with E-state index >= 15 is 0 Å². The van der Waals surface area contributed by atoms with Crippen LogP contribution in [0, 0.1) is 32.6 Å². The molecule has 0 bridgehead atoms. The SMILES string of the molecule is CNC(c1cc(C)c(C)cc1C)C(CO)C(C)C. The maximum absolute atomic E-state index is 9.63. The van der Waals surface area contributed by atoms with Crippen molar-refractivity contribution in [2.45, 2.75) is 40.7 Å². The zero-order valence-electron chi connectivity index (χ0n) is 12.5. The Kier molecular flexibility index (Phi) is 5.36. The highest BCUT2D eigenvalue weighted by molar-refractivity contribution is 5.38. The van der Waals surface area contributed by atoms with Crippen LogP contribution in [0.5, 0.6) is 0 Å². The molecule has 1 aromatic carbocycles. The number of hydrogen-bond donors (Lipinski definition) is 2. The lowest BCUT2D eigenvalue weighted by Gasteiger charge is -2.30. The second-order valence-corrected chi connectivity index (χ2v) is 5.65. The zero-order valence-corrected chi connectivity index (χ0v) is 12.5. The summed E-state index contributed by atoms with van der Waals surface area (Å²) in [5.41, 5.74) is 5.26. The summed E-state index contributed by atoms with van der Waals surface area (Å²) in [6.07, 6.45) is 0. The molecule has 2 heteroatoms. The van der Waals surface area contributed by atoms with Crippen molar-refractivity contribution in [2.75, 3.05) is 13.7 Å². The normalized spacial score (nSPS) is 14.9. The van der Waals surface area contributed by atoms with Gasteiger partial charge in [0.1, 0.15) is 0 Å². The zero-order chi connectivity index (χ0) is 13.9. The highest BCUT2D eigenvalue weighted by Crippen LogP contribution is 2.31. The highest BCUT2D eigenvalue weighted by atomic mass is 16.3. The standard InChI is InChI=1S/C16H27NO/c1-10(2)15(9-18)16(17-6)14-8-12(4)11(3)7-13(14)5/h7-8,10,15-18H,9H2,1-6H3. The van der Waals surface area contributed by atoms with Gasteiger partial charge in [-0.05, 0) is 56.0 Å². The molecule has 0 aliphatic heterocycles. The molecule has 18 heavy (non-hydrogen) atoms. The van der Waals surface area contributed by atoms with Gasteiger partial charge in [-0.15, -0.1) is 0 Å². The molecule has 0 aromatic heterocycles. The minimum atomic E-state index is 0.217. The van der Waals surface area contributed by atoms with Gasteiger partial charge in [-0.2, -0.15) is 0 Å². The van der Waals surface area contributed by atoms with Gasteiger partial charge in [-0.25, -0.2) is 0 Å². The van der Waals surface area contributed by atoms with Crippen LogP contribution in [-0.4, -0.2) is 18.8 Å². The topological polar surface area (TPSA) is 32.3 Å². The van der Waals surface area contributed by atoms with E-state index in [4.69, 9.17) is 0 Å². The minimum Gasteiger partial charge on any atom is -0.396 e. The molecule has 2 unspecified atom stereocenters. The quantitative estimate of drug-likeness (QED) is 0.840. The summed E-state index contributed by atoms with van der Waals surface area (Å²) in [7, 11) is 1.98. The van der Waals surface area contributed by atoms with Crippen LogP contribution < -0.4 is 5.32 Å². The average molecular weight is 249 g/mol. The van der Waals surface area contributed by atoms with E-state index in [9.17, 15) is 5.11 Å². The van der Waals surface area contributed by atoms with E-state index in [1.54, 1.807) is 0 Å². The fourth-order valence-electron chi connectivity index (χ4n) is 2.62. The summed E-state index contributed by atoms with van der Waals surface area (Å²) in [4.78, 5) is 0. The van der Waals surface area contributed by atoms with Gasteiger partial charge in [0.2, 0.25) is 0 Å². The predicted molar refractivity (Wildman–Crippen MR) is 77.9 cm³/mol. The monoisotopic (exact) mass is 249 g/mol. The number of aliphatic hydroxyl groups excluding tert-OH is 1. The van der Waals surface area contributed by atoms with Gasteiger partial charge in [0.15, 0.2) is 0 Å². The summed E-state index contributed by atoms with van der Waals surface area (Å²) < 4.78 is 0. The van der Waals surface area contributed by atoms with Crippen LogP contribution in [0.1, 0.15) is 42.1 Å². The van der Waals surface area contributed by atoms with Crippen LogP contribution in [0.2, 0.25) is 0 Å². The number of benzene rings is 1. The number of rotatable bonds is 5. The van der Waals surface area contributed by atoms with E-state index in [0.29, 0.717) is 5.92 Å². The molecule has 0 aliphatic rings. The number of aliphatic hydroxyl groups is 1. The van der Waals surface area contributed by atoms with Crippen LogP contribution in [0.3, 0.4) is 0 Å². The van der Waals surface area contributed by atoms with Crippen molar-refractivity contribution in [1.82, 2.24) is 5.32 Å². The largest absolute Gasteiger partial charge is 0.396 e. The Labute approximate surface area is 111 Å². The Morgan fingerprint density at radius 2 is 1.61 bits per heavy atom. The first-order valence-corrected chi connectivity index (χ1v) is 6.78. The minimum absolute atomic E-state index is 0.217.